The fourth-order valence-corrected chi connectivity index (χ4v) is 2.24. The summed E-state index contributed by atoms with van der Waals surface area (Å²) in [7, 11) is 0. The molecule has 1 aliphatic heterocycles. The number of aliphatic imine (C=N–C) groups is 1. The summed E-state index contributed by atoms with van der Waals surface area (Å²) in [5.74, 6) is 0. The minimum absolute atomic E-state index is 0.947. The molecule has 0 N–H and O–H groups in total. The van der Waals surface area contributed by atoms with Crippen LogP contribution in [0.2, 0.25) is 0 Å². The van der Waals surface area contributed by atoms with E-state index in [2.05, 4.69) is 46.5 Å². The van der Waals surface area contributed by atoms with E-state index in [1.54, 1.807) is 11.8 Å². The monoisotopic (exact) mass is 206 g/mol. The Balaban J connectivity index is 2.02. The topological polar surface area (TPSA) is 15.6 Å². The summed E-state index contributed by atoms with van der Waals surface area (Å²) in [6.45, 7) is 2.99. The first-order chi connectivity index (χ1) is 6.90. The molecule has 0 aromatic heterocycles. The molecule has 0 aliphatic carbocycles. The van der Waals surface area contributed by atoms with Crippen molar-refractivity contribution in [3.05, 3.63) is 35.9 Å². The van der Waals surface area contributed by atoms with Crippen LogP contribution >= 0.6 is 11.8 Å². The number of nitrogens with zero attached hydrogens (tertiary/aromatic N) is 2. The number of hydrogen-bond acceptors (Lipinski definition) is 3. The second-order valence-corrected chi connectivity index (χ2v) is 4.05. The SMILES string of the molecule is CSC1=NCCN1Cc1ccccc1. The number of benzene rings is 1. The largest absolute Gasteiger partial charge is 0.345 e. The quantitative estimate of drug-likeness (QED) is 0.737. The van der Waals surface area contributed by atoms with Gasteiger partial charge >= 0.3 is 0 Å². The Morgan fingerprint density at radius 2 is 2.14 bits per heavy atom. The summed E-state index contributed by atoms with van der Waals surface area (Å²) in [6, 6.07) is 10.5. The van der Waals surface area contributed by atoms with Crippen molar-refractivity contribution in [1.29, 1.82) is 0 Å². The van der Waals surface area contributed by atoms with Crippen LogP contribution in [-0.2, 0) is 6.54 Å². The average molecular weight is 206 g/mol. The maximum absolute atomic E-state index is 4.44. The van der Waals surface area contributed by atoms with Crippen molar-refractivity contribution in [2.75, 3.05) is 19.3 Å². The second kappa shape index (κ2) is 4.51. The van der Waals surface area contributed by atoms with Crippen LogP contribution in [0.15, 0.2) is 35.3 Å². The average Bonchev–Trinajstić information content (AvgIpc) is 2.67. The number of amidine groups is 1. The van der Waals surface area contributed by atoms with Crippen LogP contribution in [0.25, 0.3) is 0 Å². The third-order valence-corrected chi connectivity index (χ3v) is 3.04. The predicted molar refractivity (Wildman–Crippen MR) is 62.7 cm³/mol. The van der Waals surface area contributed by atoms with Gasteiger partial charge in [-0.25, -0.2) is 0 Å². The van der Waals surface area contributed by atoms with Crippen molar-refractivity contribution < 1.29 is 0 Å². The van der Waals surface area contributed by atoms with Crippen molar-refractivity contribution in [3.8, 4) is 0 Å². The van der Waals surface area contributed by atoms with Crippen LogP contribution in [0.1, 0.15) is 5.56 Å². The molecule has 1 aliphatic rings. The molecule has 0 bridgehead atoms. The Morgan fingerprint density at radius 3 is 2.86 bits per heavy atom. The van der Waals surface area contributed by atoms with Gasteiger partial charge in [-0.3, -0.25) is 4.99 Å². The second-order valence-electron chi connectivity index (χ2n) is 3.28. The van der Waals surface area contributed by atoms with Gasteiger partial charge in [0.15, 0.2) is 5.17 Å². The lowest BCUT2D eigenvalue weighted by Gasteiger charge is -2.18. The minimum atomic E-state index is 0.947. The highest BCUT2D eigenvalue weighted by Gasteiger charge is 2.15. The van der Waals surface area contributed by atoms with Crippen molar-refractivity contribution in [1.82, 2.24) is 4.90 Å². The Bertz CT molecular complexity index is 321. The Morgan fingerprint density at radius 1 is 1.36 bits per heavy atom. The smallest absolute Gasteiger partial charge is 0.159 e. The number of hydrogen-bond donors (Lipinski definition) is 0. The van der Waals surface area contributed by atoms with E-state index in [4.69, 9.17) is 0 Å². The summed E-state index contributed by atoms with van der Waals surface area (Å²) in [5.41, 5.74) is 1.36. The van der Waals surface area contributed by atoms with E-state index < -0.39 is 0 Å². The molecule has 1 aromatic rings. The molecule has 0 spiro atoms. The van der Waals surface area contributed by atoms with Gasteiger partial charge in [0, 0.05) is 13.1 Å². The molecule has 0 saturated carbocycles. The molecule has 2 rings (SSSR count). The van der Waals surface area contributed by atoms with E-state index in [9.17, 15) is 0 Å². The molecule has 1 heterocycles. The molecular formula is C11H14N2S. The van der Waals surface area contributed by atoms with Crippen molar-refractivity contribution in [2.45, 2.75) is 6.54 Å². The van der Waals surface area contributed by atoms with Gasteiger partial charge in [0.2, 0.25) is 0 Å². The molecular weight excluding hydrogens is 192 g/mol. The van der Waals surface area contributed by atoms with Crippen LogP contribution in [0.5, 0.6) is 0 Å². The Labute approximate surface area is 89.0 Å². The van der Waals surface area contributed by atoms with Gasteiger partial charge in [0.05, 0.1) is 6.54 Å². The molecule has 1 aromatic carbocycles. The highest BCUT2D eigenvalue weighted by atomic mass is 32.2. The van der Waals surface area contributed by atoms with Crippen LogP contribution < -0.4 is 0 Å². The zero-order chi connectivity index (χ0) is 9.80. The zero-order valence-corrected chi connectivity index (χ0v) is 9.13. The summed E-state index contributed by atoms with van der Waals surface area (Å²) in [6.07, 6.45) is 2.09. The molecule has 0 unspecified atom stereocenters. The lowest BCUT2D eigenvalue weighted by atomic mass is 10.2. The first-order valence-electron chi connectivity index (χ1n) is 4.77. The standard InChI is InChI=1S/C11H14N2S/c1-14-11-12-7-8-13(11)9-10-5-3-2-4-6-10/h2-6H,7-9H2,1H3. The molecule has 0 atom stereocenters. The Kier molecular flexibility index (Phi) is 3.09. The molecule has 74 valence electrons. The summed E-state index contributed by atoms with van der Waals surface area (Å²) >= 11 is 1.74. The van der Waals surface area contributed by atoms with Crippen LogP contribution in [0, 0.1) is 0 Å². The van der Waals surface area contributed by atoms with Gasteiger partial charge in [-0.15, -0.1) is 0 Å². The van der Waals surface area contributed by atoms with Crippen molar-refractivity contribution >= 4 is 16.9 Å². The van der Waals surface area contributed by atoms with Crippen molar-refractivity contribution in [3.63, 3.8) is 0 Å². The van der Waals surface area contributed by atoms with E-state index in [-0.39, 0.29) is 0 Å². The van der Waals surface area contributed by atoms with Crippen LogP contribution in [0.4, 0.5) is 0 Å². The van der Waals surface area contributed by atoms with E-state index in [0.717, 1.165) is 19.6 Å². The third-order valence-electron chi connectivity index (χ3n) is 2.29. The molecule has 0 radical (unpaired) electrons. The van der Waals surface area contributed by atoms with Crippen LogP contribution in [-0.4, -0.2) is 29.4 Å². The number of thioether (sulfide) groups is 1. The lowest BCUT2D eigenvalue weighted by Crippen LogP contribution is -2.24. The van der Waals surface area contributed by atoms with Gasteiger partial charge in [-0.1, -0.05) is 42.1 Å². The fourth-order valence-electron chi connectivity index (χ4n) is 1.61. The minimum Gasteiger partial charge on any atom is -0.345 e. The maximum atomic E-state index is 4.44. The first kappa shape index (κ1) is 9.59. The van der Waals surface area contributed by atoms with E-state index in [0.29, 0.717) is 0 Å². The van der Waals surface area contributed by atoms with Gasteiger partial charge in [-0.2, -0.15) is 0 Å². The molecule has 0 saturated heterocycles. The van der Waals surface area contributed by atoms with Gasteiger partial charge < -0.3 is 4.90 Å². The molecule has 2 nitrogen and oxygen atoms in total. The van der Waals surface area contributed by atoms with E-state index >= 15 is 0 Å². The molecule has 0 fully saturated rings. The van der Waals surface area contributed by atoms with Gasteiger partial charge in [-0.05, 0) is 11.8 Å². The fraction of sp³-hybridized carbons (Fsp3) is 0.364. The lowest BCUT2D eigenvalue weighted by molar-refractivity contribution is 0.459. The predicted octanol–water partition coefficient (Wildman–Crippen LogP) is 2.22. The summed E-state index contributed by atoms with van der Waals surface area (Å²) < 4.78 is 0. The summed E-state index contributed by atoms with van der Waals surface area (Å²) in [5, 5.41) is 1.17. The molecule has 0 amide bonds. The third kappa shape index (κ3) is 2.10. The number of rotatable bonds is 2. The van der Waals surface area contributed by atoms with Crippen LogP contribution in [0.3, 0.4) is 0 Å². The highest BCUT2D eigenvalue weighted by molar-refractivity contribution is 8.13. The maximum Gasteiger partial charge on any atom is 0.159 e. The van der Waals surface area contributed by atoms with Crippen molar-refractivity contribution in [2.24, 2.45) is 4.99 Å². The normalized spacial score (nSPS) is 15.8. The van der Waals surface area contributed by atoms with Gasteiger partial charge in [0.1, 0.15) is 0 Å². The van der Waals surface area contributed by atoms with E-state index in [1.807, 2.05) is 0 Å². The first-order valence-corrected chi connectivity index (χ1v) is 6.00. The van der Waals surface area contributed by atoms with Gasteiger partial charge in [0.25, 0.3) is 0 Å². The molecule has 14 heavy (non-hydrogen) atoms. The summed E-state index contributed by atoms with van der Waals surface area (Å²) in [4.78, 5) is 6.77. The highest BCUT2D eigenvalue weighted by Crippen LogP contribution is 2.14. The zero-order valence-electron chi connectivity index (χ0n) is 8.31. The van der Waals surface area contributed by atoms with E-state index in [1.165, 1.54) is 10.7 Å². The Hall–Kier alpha value is -0.960. The molecule has 3 heteroatoms.